The van der Waals surface area contributed by atoms with Gasteiger partial charge in [0.25, 0.3) is 0 Å². The number of alkyl halides is 3. The van der Waals surface area contributed by atoms with Gasteiger partial charge in [-0.2, -0.15) is 18.2 Å². The third-order valence-electron chi connectivity index (χ3n) is 9.72. The van der Waals surface area contributed by atoms with Gasteiger partial charge in [0.05, 0.1) is 41.9 Å². The van der Waals surface area contributed by atoms with Crippen LogP contribution in [0.4, 0.5) is 32.6 Å². The molecule has 3 saturated heterocycles. The third-order valence-corrected chi connectivity index (χ3v) is 11.0. The molecule has 7 rings (SSSR count). The first kappa shape index (κ1) is 34.0. The van der Waals surface area contributed by atoms with Crippen molar-refractivity contribution in [1.82, 2.24) is 19.4 Å². The zero-order valence-electron chi connectivity index (χ0n) is 27.8. The predicted molar refractivity (Wildman–Crippen MR) is 175 cm³/mol. The van der Waals surface area contributed by atoms with Gasteiger partial charge in [-0.25, -0.2) is 18.4 Å². The molecule has 2 aromatic carbocycles. The van der Waals surface area contributed by atoms with E-state index in [-0.39, 0.29) is 52.6 Å². The quantitative estimate of drug-likeness (QED) is 0.292. The molecule has 0 aliphatic carbocycles. The zero-order chi connectivity index (χ0) is 35.2. The van der Waals surface area contributed by atoms with Crippen molar-refractivity contribution < 1.29 is 36.2 Å². The summed E-state index contributed by atoms with van der Waals surface area (Å²) in [6.45, 7) is 11.0. The number of nitrogens with zero attached hydrogens (tertiary/aromatic N) is 5. The Hall–Kier alpha value is -3.43. The average Bonchev–Trinajstić information content (AvgIpc) is 3.61. The number of ether oxygens (including phenoxy) is 2. The maximum absolute atomic E-state index is 15.3. The summed E-state index contributed by atoms with van der Waals surface area (Å²) >= 11 is 1.14. The van der Waals surface area contributed by atoms with Gasteiger partial charge >= 0.3 is 18.0 Å². The van der Waals surface area contributed by atoms with Crippen LogP contribution in [-0.2, 0) is 15.7 Å². The summed E-state index contributed by atoms with van der Waals surface area (Å²) in [7, 11) is 0. The van der Waals surface area contributed by atoms with Crippen molar-refractivity contribution in [2.75, 3.05) is 43.4 Å². The van der Waals surface area contributed by atoms with Gasteiger partial charge in [-0.1, -0.05) is 0 Å². The molecular weight excluding hydrogens is 669 g/mol. The minimum Gasteiger partial charge on any atom is -0.444 e. The normalized spacial score (nSPS) is 25.8. The van der Waals surface area contributed by atoms with Gasteiger partial charge in [0, 0.05) is 65.4 Å². The summed E-state index contributed by atoms with van der Waals surface area (Å²) in [5.74, 6) is -1.75. The largest absolute Gasteiger partial charge is 0.444 e. The number of carbonyl (C=O) groups is 1. The molecule has 0 saturated carbocycles. The lowest BCUT2D eigenvalue weighted by Crippen LogP contribution is -2.60. The molecule has 4 aliphatic heterocycles. The minimum absolute atomic E-state index is 0.0616. The average molecular weight is 708 g/mol. The molecule has 4 aliphatic rings. The Morgan fingerprint density at radius 3 is 2.39 bits per heavy atom. The Kier molecular flexibility index (Phi) is 8.42. The summed E-state index contributed by atoms with van der Waals surface area (Å²) in [4.78, 5) is 37.4. The van der Waals surface area contributed by atoms with Crippen LogP contribution in [0.15, 0.2) is 34.0 Å². The number of amides is 1. The number of fused-ring (bicyclic) bond motifs is 2. The van der Waals surface area contributed by atoms with Crippen molar-refractivity contribution in [1.29, 1.82) is 0 Å². The Labute approximate surface area is 284 Å². The number of anilines is 1. The van der Waals surface area contributed by atoms with Gasteiger partial charge in [-0.3, -0.25) is 14.4 Å². The Bertz CT molecular complexity index is 1870. The molecule has 1 amide bonds. The fourth-order valence-corrected chi connectivity index (χ4v) is 9.12. The number of piperazine rings is 1. The lowest BCUT2D eigenvalue weighted by Gasteiger charge is -2.45. The van der Waals surface area contributed by atoms with Crippen LogP contribution >= 0.6 is 11.8 Å². The number of halogens is 5. The maximum atomic E-state index is 15.3. The van der Waals surface area contributed by atoms with Crippen LogP contribution in [0.5, 0.6) is 0 Å². The summed E-state index contributed by atoms with van der Waals surface area (Å²) in [5, 5.41) is 0.0989. The van der Waals surface area contributed by atoms with E-state index in [9.17, 15) is 14.0 Å². The molecule has 5 atom stereocenters. The summed E-state index contributed by atoms with van der Waals surface area (Å²) in [5.41, 5.74) is -3.07. The van der Waals surface area contributed by atoms with Crippen LogP contribution in [0.3, 0.4) is 0 Å². The van der Waals surface area contributed by atoms with Gasteiger partial charge in [0.2, 0.25) is 0 Å². The smallest absolute Gasteiger partial charge is 0.417 e. The number of rotatable bonds is 4. The predicted octanol–water partition coefficient (Wildman–Crippen LogP) is 6.31. The summed E-state index contributed by atoms with van der Waals surface area (Å²) in [6.07, 6.45) is -4.45. The van der Waals surface area contributed by atoms with Crippen LogP contribution in [0.2, 0.25) is 0 Å². The molecule has 5 heterocycles. The van der Waals surface area contributed by atoms with E-state index in [4.69, 9.17) is 9.47 Å². The third kappa shape index (κ3) is 6.15. The highest BCUT2D eigenvalue weighted by Gasteiger charge is 2.44. The molecular formula is C34H38F5N5O4S. The van der Waals surface area contributed by atoms with Crippen LogP contribution in [0, 0.1) is 11.6 Å². The molecule has 3 aromatic rings. The molecule has 15 heteroatoms. The van der Waals surface area contributed by atoms with Gasteiger partial charge in [0.15, 0.2) is 0 Å². The number of hydrogen-bond acceptors (Lipinski definition) is 8. The van der Waals surface area contributed by atoms with E-state index >= 15 is 17.6 Å². The van der Waals surface area contributed by atoms with Gasteiger partial charge < -0.3 is 14.4 Å². The van der Waals surface area contributed by atoms with Crippen molar-refractivity contribution in [3.8, 4) is 11.1 Å². The van der Waals surface area contributed by atoms with Crippen molar-refractivity contribution in [3.63, 3.8) is 0 Å². The molecule has 0 spiro atoms. The van der Waals surface area contributed by atoms with Crippen LogP contribution < -0.4 is 10.6 Å². The van der Waals surface area contributed by atoms with E-state index in [1.165, 1.54) is 4.57 Å². The molecule has 3 fully saturated rings. The van der Waals surface area contributed by atoms with E-state index in [0.29, 0.717) is 25.8 Å². The lowest BCUT2D eigenvalue weighted by atomic mass is 9.95. The van der Waals surface area contributed by atoms with Crippen molar-refractivity contribution >= 4 is 34.6 Å². The second-order valence-electron chi connectivity index (χ2n) is 14.5. The highest BCUT2D eigenvalue weighted by molar-refractivity contribution is 7.99. The molecule has 264 valence electrons. The standard InChI is InChI=1S/C34H38F5N5O4S/c1-17-11-42(12-18(2)43(17)32(46)48-33(3,4)5)30-24-10-25(34(37,38)39)27(23-7-6-19(35)8-26(23)36)29-28(24)44(31(45)40-30)21(16-49-29)13-41-14-22-9-20(41)15-47-22/h6-8,10,17-18,20-22H,9,11-16H2,1-5H3/t17-,18+,20-,21-,22-/m0/s1. The summed E-state index contributed by atoms with van der Waals surface area (Å²) in [6, 6.07) is 2.33. The van der Waals surface area contributed by atoms with Crippen LogP contribution in [0.25, 0.3) is 22.0 Å². The van der Waals surface area contributed by atoms with E-state index < -0.39 is 70.0 Å². The number of benzene rings is 2. The first-order chi connectivity index (χ1) is 23.0. The topological polar surface area (TPSA) is 80.1 Å². The van der Waals surface area contributed by atoms with Crippen molar-refractivity contribution in [3.05, 3.63) is 51.9 Å². The second-order valence-corrected chi connectivity index (χ2v) is 15.5. The zero-order valence-corrected chi connectivity index (χ0v) is 28.6. The molecule has 49 heavy (non-hydrogen) atoms. The van der Waals surface area contributed by atoms with E-state index in [1.807, 2.05) is 0 Å². The van der Waals surface area contributed by atoms with Crippen molar-refractivity contribution in [2.24, 2.45) is 0 Å². The van der Waals surface area contributed by atoms with Crippen LogP contribution in [0.1, 0.15) is 52.6 Å². The Morgan fingerprint density at radius 2 is 1.80 bits per heavy atom. The van der Waals surface area contributed by atoms with Crippen molar-refractivity contribution in [2.45, 2.75) is 88.0 Å². The highest BCUT2D eigenvalue weighted by atomic mass is 32.2. The SMILES string of the molecule is C[C@@H]1CN(c2nc(=O)n3c4c(c(-c5ccc(F)cc5F)c(C(F)(F)F)cc24)SC[C@@H]3CN2C[C@@H]3C[C@H]2CO3)C[C@H](C)N1C(=O)OC(C)(C)C. The van der Waals surface area contributed by atoms with E-state index in [2.05, 4.69) is 9.88 Å². The number of morpholine rings is 1. The first-order valence-electron chi connectivity index (χ1n) is 16.4. The molecule has 1 aromatic heterocycles. The number of aromatic nitrogens is 2. The number of likely N-dealkylation sites (tertiary alicyclic amines) is 1. The second kappa shape index (κ2) is 12.1. The molecule has 0 N–H and O–H groups in total. The van der Waals surface area contributed by atoms with E-state index in [1.54, 1.807) is 44.4 Å². The lowest BCUT2D eigenvalue weighted by molar-refractivity contribution is -0.137. The highest BCUT2D eigenvalue weighted by Crippen LogP contribution is 2.50. The fourth-order valence-electron chi connectivity index (χ4n) is 7.79. The number of carbonyl (C=O) groups excluding carboxylic acids is 1. The fraction of sp³-hybridized carbons (Fsp3) is 0.559. The molecule has 0 radical (unpaired) electrons. The molecule has 0 unspecified atom stereocenters. The van der Waals surface area contributed by atoms with E-state index in [0.717, 1.165) is 36.4 Å². The van der Waals surface area contributed by atoms with Gasteiger partial charge in [-0.05, 0) is 59.2 Å². The monoisotopic (exact) mass is 707 g/mol. The number of hydrogen-bond donors (Lipinski definition) is 0. The first-order valence-corrected chi connectivity index (χ1v) is 17.4. The number of thioether (sulfide) groups is 1. The Morgan fingerprint density at radius 1 is 1.08 bits per heavy atom. The van der Waals surface area contributed by atoms with Gasteiger partial charge in [0.1, 0.15) is 23.1 Å². The minimum atomic E-state index is -4.93. The molecule has 9 nitrogen and oxygen atoms in total. The van der Waals surface area contributed by atoms with Crippen LogP contribution in [-0.4, -0.2) is 93.8 Å². The Balaban J connectivity index is 1.40. The maximum Gasteiger partial charge on any atom is 0.417 e. The molecule has 2 bridgehead atoms. The summed E-state index contributed by atoms with van der Waals surface area (Å²) < 4.78 is 87.2. The van der Waals surface area contributed by atoms with Gasteiger partial charge in [-0.15, -0.1) is 11.8 Å².